The van der Waals surface area contributed by atoms with Crippen molar-refractivity contribution in [1.29, 1.82) is 0 Å². The third-order valence-corrected chi connectivity index (χ3v) is 6.76. The minimum absolute atomic E-state index is 0.0459. The van der Waals surface area contributed by atoms with E-state index < -0.39 is 26.0 Å². The quantitative estimate of drug-likeness (QED) is 0.588. The Morgan fingerprint density at radius 1 is 1.00 bits per heavy atom. The molecular formula is C18H21N3O6S2. The topological polar surface area (TPSA) is 145 Å². The summed E-state index contributed by atoms with van der Waals surface area (Å²) in [5, 5.41) is 7.63. The van der Waals surface area contributed by atoms with Crippen molar-refractivity contribution in [2.24, 2.45) is 5.14 Å². The van der Waals surface area contributed by atoms with Gasteiger partial charge in [-0.1, -0.05) is 0 Å². The molecule has 9 nitrogen and oxygen atoms in total. The molecule has 1 amide bonds. The lowest BCUT2D eigenvalue weighted by Crippen LogP contribution is -2.31. The number of anilines is 1. The molecule has 156 valence electrons. The van der Waals surface area contributed by atoms with Crippen LogP contribution in [0.25, 0.3) is 0 Å². The van der Waals surface area contributed by atoms with E-state index in [1.54, 1.807) is 0 Å². The number of benzene rings is 2. The van der Waals surface area contributed by atoms with Gasteiger partial charge >= 0.3 is 0 Å². The first-order chi connectivity index (χ1) is 13.6. The van der Waals surface area contributed by atoms with Crippen molar-refractivity contribution in [3.05, 3.63) is 54.1 Å². The zero-order valence-corrected chi connectivity index (χ0v) is 17.0. The number of nitrogens with one attached hydrogen (secondary N) is 2. The van der Waals surface area contributed by atoms with Gasteiger partial charge in [0.25, 0.3) is 5.91 Å². The van der Waals surface area contributed by atoms with Crippen LogP contribution in [0.1, 0.15) is 23.2 Å². The van der Waals surface area contributed by atoms with Crippen LogP contribution in [-0.2, 0) is 24.8 Å². The molecular weight excluding hydrogens is 418 g/mol. The molecule has 29 heavy (non-hydrogen) atoms. The van der Waals surface area contributed by atoms with Crippen molar-refractivity contribution in [1.82, 2.24) is 4.72 Å². The summed E-state index contributed by atoms with van der Waals surface area (Å²) in [7, 11) is -7.51. The highest BCUT2D eigenvalue weighted by atomic mass is 32.2. The summed E-state index contributed by atoms with van der Waals surface area (Å²) < 4.78 is 55.1. The maximum absolute atomic E-state index is 12.3. The number of rotatable bonds is 7. The van der Waals surface area contributed by atoms with Crippen LogP contribution in [0.15, 0.2) is 58.3 Å². The molecule has 1 fully saturated rings. The first-order valence-electron chi connectivity index (χ1n) is 8.81. The third-order valence-electron chi connectivity index (χ3n) is 4.39. The molecule has 0 aliphatic carbocycles. The van der Waals surface area contributed by atoms with Gasteiger partial charge < -0.3 is 10.1 Å². The molecule has 0 spiro atoms. The Morgan fingerprint density at radius 2 is 1.62 bits per heavy atom. The largest absolute Gasteiger partial charge is 0.377 e. The molecule has 1 atom stereocenters. The second-order valence-electron chi connectivity index (χ2n) is 6.53. The number of nitrogens with two attached hydrogens (primary N) is 1. The minimum Gasteiger partial charge on any atom is -0.377 e. The van der Waals surface area contributed by atoms with E-state index in [-0.39, 0.29) is 28.0 Å². The second-order valence-corrected chi connectivity index (χ2v) is 9.86. The number of hydrogen-bond acceptors (Lipinski definition) is 6. The molecule has 0 saturated carbocycles. The normalized spacial score (nSPS) is 17.2. The lowest BCUT2D eigenvalue weighted by atomic mass is 10.2. The zero-order valence-electron chi connectivity index (χ0n) is 15.4. The average Bonchev–Trinajstić information content (AvgIpc) is 3.20. The number of hydrogen-bond donors (Lipinski definition) is 3. The molecule has 0 radical (unpaired) electrons. The number of sulfonamides is 2. The van der Waals surface area contributed by atoms with Gasteiger partial charge in [-0.2, -0.15) is 0 Å². The maximum Gasteiger partial charge on any atom is 0.255 e. The van der Waals surface area contributed by atoms with Gasteiger partial charge in [0.2, 0.25) is 20.0 Å². The van der Waals surface area contributed by atoms with E-state index in [1.807, 2.05) is 0 Å². The number of amides is 1. The molecule has 0 bridgehead atoms. The molecule has 1 saturated heterocycles. The summed E-state index contributed by atoms with van der Waals surface area (Å²) in [6, 6.07) is 10.9. The Kier molecular flexibility index (Phi) is 6.34. The lowest BCUT2D eigenvalue weighted by Gasteiger charge is -2.12. The van der Waals surface area contributed by atoms with Gasteiger partial charge in [-0.25, -0.2) is 26.7 Å². The van der Waals surface area contributed by atoms with Crippen molar-refractivity contribution in [2.75, 3.05) is 18.5 Å². The van der Waals surface area contributed by atoms with Crippen molar-refractivity contribution >= 4 is 31.6 Å². The second kappa shape index (κ2) is 8.59. The number of carbonyl (C=O) groups excluding carboxylic acids is 1. The monoisotopic (exact) mass is 439 g/mol. The van der Waals surface area contributed by atoms with Crippen molar-refractivity contribution < 1.29 is 26.4 Å². The SMILES string of the molecule is NS(=O)(=O)c1ccc(NC(=O)c2ccc(S(=O)(=O)NCC3CCCO3)cc2)cc1. The molecule has 0 aromatic heterocycles. The average molecular weight is 440 g/mol. The van der Waals surface area contributed by atoms with Crippen LogP contribution >= 0.6 is 0 Å². The highest BCUT2D eigenvalue weighted by molar-refractivity contribution is 7.89. The Morgan fingerprint density at radius 3 is 2.17 bits per heavy atom. The van der Waals surface area contributed by atoms with E-state index in [1.165, 1.54) is 48.5 Å². The first kappa shape index (κ1) is 21.4. The van der Waals surface area contributed by atoms with Gasteiger partial charge in [-0.3, -0.25) is 4.79 Å². The van der Waals surface area contributed by atoms with Crippen LogP contribution in [0.5, 0.6) is 0 Å². The van der Waals surface area contributed by atoms with Gasteiger partial charge in [-0.15, -0.1) is 0 Å². The highest BCUT2D eigenvalue weighted by Gasteiger charge is 2.20. The molecule has 1 unspecified atom stereocenters. The minimum atomic E-state index is -3.81. The molecule has 2 aromatic rings. The summed E-state index contributed by atoms with van der Waals surface area (Å²) in [6.07, 6.45) is 1.62. The van der Waals surface area contributed by atoms with Gasteiger partial charge in [0.15, 0.2) is 0 Å². The first-order valence-corrected chi connectivity index (χ1v) is 11.8. The highest BCUT2D eigenvalue weighted by Crippen LogP contribution is 2.16. The molecule has 1 aliphatic heterocycles. The van der Waals surface area contributed by atoms with Gasteiger partial charge in [0.05, 0.1) is 15.9 Å². The lowest BCUT2D eigenvalue weighted by molar-refractivity contribution is 0.102. The summed E-state index contributed by atoms with van der Waals surface area (Å²) in [6.45, 7) is 0.847. The molecule has 1 aliphatic rings. The summed E-state index contributed by atoms with van der Waals surface area (Å²) in [5.74, 6) is -0.468. The van der Waals surface area contributed by atoms with Gasteiger partial charge in [0, 0.05) is 24.4 Å². The Balaban J connectivity index is 1.63. The van der Waals surface area contributed by atoms with Crippen LogP contribution in [0.3, 0.4) is 0 Å². The predicted molar refractivity (Wildman–Crippen MR) is 106 cm³/mol. The molecule has 2 aromatic carbocycles. The Labute approximate surface area is 169 Å². The third kappa shape index (κ3) is 5.61. The summed E-state index contributed by atoms with van der Waals surface area (Å²) in [4.78, 5) is 12.3. The van der Waals surface area contributed by atoms with E-state index in [0.29, 0.717) is 12.3 Å². The van der Waals surface area contributed by atoms with E-state index >= 15 is 0 Å². The van der Waals surface area contributed by atoms with Crippen LogP contribution in [-0.4, -0.2) is 42.0 Å². The van der Waals surface area contributed by atoms with Crippen LogP contribution in [0.4, 0.5) is 5.69 Å². The van der Waals surface area contributed by atoms with Crippen molar-refractivity contribution in [3.63, 3.8) is 0 Å². The molecule has 11 heteroatoms. The fourth-order valence-electron chi connectivity index (χ4n) is 2.81. The van der Waals surface area contributed by atoms with Crippen LogP contribution in [0.2, 0.25) is 0 Å². The van der Waals surface area contributed by atoms with E-state index in [2.05, 4.69) is 10.0 Å². The maximum atomic E-state index is 12.3. The van der Waals surface area contributed by atoms with E-state index in [0.717, 1.165) is 12.8 Å². The number of carbonyl (C=O) groups is 1. The molecule has 1 heterocycles. The summed E-state index contributed by atoms with van der Waals surface area (Å²) >= 11 is 0. The zero-order chi connectivity index (χ0) is 21.1. The summed E-state index contributed by atoms with van der Waals surface area (Å²) in [5.41, 5.74) is 0.621. The van der Waals surface area contributed by atoms with Crippen LogP contribution < -0.4 is 15.2 Å². The Hall–Kier alpha value is -2.31. The fourth-order valence-corrected chi connectivity index (χ4v) is 4.39. The van der Waals surface area contributed by atoms with Gasteiger partial charge in [0.1, 0.15) is 0 Å². The smallest absolute Gasteiger partial charge is 0.255 e. The fraction of sp³-hybridized carbons (Fsp3) is 0.278. The number of primary sulfonamides is 1. The van der Waals surface area contributed by atoms with E-state index in [9.17, 15) is 21.6 Å². The van der Waals surface area contributed by atoms with Crippen molar-refractivity contribution in [2.45, 2.75) is 28.7 Å². The van der Waals surface area contributed by atoms with E-state index in [4.69, 9.17) is 9.88 Å². The Bertz CT molecular complexity index is 1080. The molecule has 3 rings (SSSR count). The number of ether oxygens (including phenoxy) is 1. The van der Waals surface area contributed by atoms with Crippen molar-refractivity contribution in [3.8, 4) is 0 Å². The van der Waals surface area contributed by atoms with Crippen LogP contribution in [0, 0.1) is 0 Å². The molecule has 4 N–H and O–H groups in total. The van der Waals surface area contributed by atoms with Gasteiger partial charge in [-0.05, 0) is 61.4 Å². The standard InChI is InChI=1S/C18H21N3O6S2/c19-28(23,24)16-9-5-14(6-10-16)21-18(22)13-3-7-17(8-4-13)29(25,26)20-12-15-2-1-11-27-15/h3-10,15,20H,1-2,11-12H2,(H,21,22)(H2,19,23,24). The predicted octanol–water partition coefficient (Wildman–Crippen LogP) is 1.04.